The molecule has 5 nitrogen and oxygen atoms in total. The van der Waals surface area contributed by atoms with Crippen LogP contribution in [-0.2, 0) is 12.8 Å². The van der Waals surface area contributed by atoms with Crippen LogP contribution in [0.1, 0.15) is 29.2 Å². The minimum atomic E-state index is 0.634. The summed E-state index contributed by atoms with van der Waals surface area (Å²) in [6.45, 7) is 3.84. The second-order valence-corrected chi connectivity index (χ2v) is 4.50. The van der Waals surface area contributed by atoms with Crippen LogP contribution in [0.15, 0.2) is 6.07 Å². The highest BCUT2D eigenvalue weighted by atomic mass is 15.3. The summed E-state index contributed by atoms with van der Waals surface area (Å²) in [5, 5.41) is 4.40. The van der Waals surface area contributed by atoms with E-state index in [1.807, 2.05) is 19.9 Å². The zero-order chi connectivity index (χ0) is 12.0. The van der Waals surface area contributed by atoms with Gasteiger partial charge in [0.05, 0.1) is 5.69 Å². The number of aryl methyl sites for hydroxylation is 3. The maximum absolute atomic E-state index is 5.96. The number of nitrogens with two attached hydrogens (primary N) is 1. The highest BCUT2D eigenvalue weighted by molar-refractivity contribution is 5.46. The zero-order valence-electron chi connectivity index (χ0n) is 10.1. The van der Waals surface area contributed by atoms with Gasteiger partial charge in [0, 0.05) is 17.3 Å². The molecule has 17 heavy (non-hydrogen) atoms. The summed E-state index contributed by atoms with van der Waals surface area (Å²) in [5.74, 6) is 2.28. The lowest BCUT2D eigenvalue weighted by molar-refractivity contribution is 0.806. The topological polar surface area (TPSA) is 69.6 Å². The molecule has 0 spiro atoms. The van der Waals surface area contributed by atoms with Crippen molar-refractivity contribution in [1.29, 1.82) is 0 Å². The lowest BCUT2D eigenvalue weighted by atomic mass is 10.2. The number of nitrogens with zero attached hydrogens (tertiary/aromatic N) is 4. The number of nitrogen functional groups attached to an aromatic ring is 1. The fourth-order valence-electron chi connectivity index (χ4n) is 2.40. The van der Waals surface area contributed by atoms with Crippen LogP contribution < -0.4 is 5.73 Å². The van der Waals surface area contributed by atoms with Crippen LogP contribution in [0.25, 0.3) is 5.82 Å². The van der Waals surface area contributed by atoms with Gasteiger partial charge in [0.2, 0.25) is 0 Å². The summed E-state index contributed by atoms with van der Waals surface area (Å²) < 4.78 is 1.73. The Balaban J connectivity index is 2.24. The van der Waals surface area contributed by atoms with E-state index in [4.69, 9.17) is 5.73 Å². The molecule has 0 radical (unpaired) electrons. The summed E-state index contributed by atoms with van der Waals surface area (Å²) in [7, 11) is 0. The third-order valence-corrected chi connectivity index (χ3v) is 3.08. The van der Waals surface area contributed by atoms with Crippen molar-refractivity contribution < 1.29 is 0 Å². The summed E-state index contributed by atoms with van der Waals surface area (Å²) in [5.41, 5.74) is 9.22. The van der Waals surface area contributed by atoms with E-state index in [1.54, 1.807) is 4.68 Å². The van der Waals surface area contributed by atoms with Crippen molar-refractivity contribution in [3.05, 3.63) is 28.8 Å². The Bertz CT molecular complexity index is 585. The predicted octanol–water partition coefficient (Wildman–Crippen LogP) is 1.35. The summed E-state index contributed by atoms with van der Waals surface area (Å²) >= 11 is 0. The van der Waals surface area contributed by atoms with Crippen molar-refractivity contribution in [3.63, 3.8) is 0 Å². The second kappa shape index (κ2) is 3.55. The molecule has 0 unspecified atom stereocenters. The maximum atomic E-state index is 5.96. The predicted molar refractivity (Wildman–Crippen MR) is 65.1 cm³/mol. The number of aromatic nitrogens is 4. The molecule has 2 N–H and O–H groups in total. The van der Waals surface area contributed by atoms with E-state index >= 15 is 0 Å². The molecular formula is C12H15N5. The van der Waals surface area contributed by atoms with E-state index < -0.39 is 0 Å². The molecule has 3 rings (SSSR count). The molecule has 0 bridgehead atoms. The highest BCUT2D eigenvalue weighted by Crippen LogP contribution is 2.26. The Kier molecular flexibility index (Phi) is 2.14. The minimum absolute atomic E-state index is 0.634. The van der Waals surface area contributed by atoms with Gasteiger partial charge in [-0.15, -0.1) is 0 Å². The Hall–Kier alpha value is -1.91. The molecule has 1 aliphatic carbocycles. The number of hydrogen-bond donors (Lipinski definition) is 1. The van der Waals surface area contributed by atoms with Gasteiger partial charge < -0.3 is 5.73 Å². The molecule has 5 heteroatoms. The molecule has 0 saturated carbocycles. The van der Waals surface area contributed by atoms with Gasteiger partial charge >= 0.3 is 0 Å². The van der Waals surface area contributed by atoms with Crippen LogP contribution in [0.3, 0.4) is 0 Å². The molecule has 2 heterocycles. The van der Waals surface area contributed by atoms with Gasteiger partial charge in [-0.05, 0) is 33.1 Å². The lowest BCUT2D eigenvalue weighted by Crippen LogP contribution is -2.10. The van der Waals surface area contributed by atoms with E-state index in [-0.39, 0.29) is 0 Å². The van der Waals surface area contributed by atoms with Gasteiger partial charge in [-0.2, -0.15) is 9.78 Å². The lowest BCUT2D eigenvalue weighted by Gasteiger charge is -2.09. The quantitative estimate of drug-likeness (QED) is 0.801. The van der Waals surface area contributed by atoms with Gasteiger partial charge in [0.1, 0.15) is 11.6 Å². The number of fused-ring (bicyclic) bond motifs is 1. The van der Waals surface area contributed by atoms with Crippen LogP contribution in [-0.4, -0.2) is 19.7 Å². The summed E-state index contributed by atoms with van der Waals surface area (Å²) in [4.78, 5) is 8.98. The van der Waals surface area contributed by atoms with E-state index in [2.05, 4.69) is 15.1 Å². The molecule has 0 aromatic carbocycles. The van der Waals surface area contributed by atoms with Crippen LogP contribution >= 0.6 is 0 Å². The first-order valence-corrected chi connectivity index (χ1v) is 5.84. The van der Waals surface area contributed by atoms with Crippen LogP contribution in [0.5, 0.6) is 0 Å². The first kappa shape index (κ1) is 10.3. The van der Waals surface area contributed by atoms with Gasteiger partial charge in [-0.3, -0.25) is 0 Å². The fourth-order valence-corrected chi connectivity index (χ4v) is 2.40. The van der Waals surface area contributed by atoms with E-state index in [9.17, 15) is 0 Å². The number of hydrogen-bond acceptors (Lipinski definition) is 4. The van der Waals surface area contributed by atoms with Gasteiger partial charge in [0.25, 0.3) is 0 Å². The third-order valence-electron chi connectivity index (χ3n) is 3.08. The standard InChI is InChI=1S/C12H15N5/c1-7-6-11(13)17(16-7)12-9-4-3-5-10(9)14-8(2)15-12/h6H,3-5,13H2,1-2H3. The molecule has 2 aromatic heterocycles. The third kappa shape index (κ3) is 1.58. The maximum Gasteiger partial charge on any atom is 0.162 e. The summed E-state index contributed by atoms with van der Waals surface area (Å²) in [6.07, 6.45) is 3.19. The monoisotopic (exact) mass is 229 g/mol. The highest BCUT2D eigenvalue weighted by Gasteiger charge is 2.21. The number of anilines is 1. The fraction of sp³-hybridized carbons (Fsp3) is 0.417. The van der Waals surface area contributed by atoms with Gasteiger partial charge in [-0.1, -0.05) is 0 Å². The van der Waals surface area contributed by atoms with Crippen LogP contribution in [0.2, 0.25) is 0 Å². The smallest absolute Gasteiger partial charge is 0.162 e. The second-order valence-electron chi connectivity index (χ2n) is 4.50. The molecule has 0 saturated heterocycles. The Morgan fingerprint density at radius 3 is 2.76 bits per heavy atom. The normalized spacial score (nSPS) is 14.0. The van der Waals surface area contributed by atoms with Crippen molar-refractivity contribution >= 4 is 5.82 Å². The molecule has 0 fully saturated rings. The first-order valence-electron chi connectivity index (χ1n) is 5.84. The molecule has 0 aliphatic heterocycles. The minimum Gasteiger partial charge on any atom is -0.384 e. The average molecular weight is 229 g/mol. The van der Waals surface area contributed by atoms with Gasteiger partial charge in [0.15, 0.2) is 5.82 Å². The molecule has 2 aromatic rings. The average Bonchev–Trinajstić information content (AvgIpc) is 2.83. The van der Waals surface area contributed by atoms with E-state index in [1.165, 1.54) is 5.56 Å². The molecular weight excluding hydrogens is 214 g/mol. The van der Waals surface area contributed by atoms with Crippen molar-refractivity contribution in [1.82, 2.24) is 19.7 Å². The van der Waals surface area contributed by atoms with Crippen LogP contribution in [0, 0.1) is 13.8 Å². The van der Waals surface area contributed by atoms with E-state index in [0.29, 0.717) is 5.82 Å². The van der Waals surface area contributed by atoms with Crippen molar-refractivity contribution in [3.8, 4) is 5.82 Å². The Morgan fingerprint density at radius 1 is 1.24 bits per heavy atom. The Labute approximate surface area is 99.7 Å². The van der Waals surface area contributed by atoms with Crippen molar-refractivity contribution in [2.75, 3.05) is 5.73 Å². The molecule has 0 atom stereocenters. The SMILES string of the molecule is Cc1cc(N)n(-c2nc(C)nc3c2CCC3)n1. The zero-order valence-corrected chi connectivity index (χ0v) is 10.1. The Morgan fingerprint density at radius 2 is 2.06 bits per heavy atom. The number of rotatable bonds is 1. The first-order chi connectivity index (χ1) is 8.15. The van der Waals surface area contributed by atoms with E-state index in [0.717, 1.165) is 42.3 Å². The summed E-state index contributed by atoms with van der Waals surface area (Å²) in [6, 6.07) is 1.86. The van der Waals surface area contributed by atoms with Gasteiger partial charge in [-0.25, -0.2) is 9.97 Å². The van der Waals surface area contributed by atoms with Crippen molar-refractivity contribution in [2.24, 2.45) is 0 Å². The molecule has 88 valence electrons. The molecule has 0 amide bonds. The molecule has 1 aliphatic rings. The largest absolute Gasteiger partial charge is 0.384 e. The van der Waals surface area contributed by atoms with Crippen LogP contribution in [0.4, 0.5) is 5.82 Å². The van der Waals surface area contributed by atoms with Crippen molar-refractivity contribution in [2.45, 2.75) is 33.1 Å².